The topological polar surface area (TPSA) is 114 Å². The Morgan fingerprint density at radius 1 is 0.453 bits per heavy atom. The van der Waals surface area contributed by atoms with Crippen LogP contribution in [-0.4, -0.2) is 69.4 Å². The summed E-state index contributed by atoms with van der Waals surface area (Å²) in [6.07, 6.45) is 65.7. The highest BCUT2D eigenvalue weighted by Crippen LogP contribution is 2.38. The minimum Gasteiger partial charge on any atom is -0.756 e. The monoisotopic (exact) mass is 1080 g/mol. The summed E-state index contributed by atoms with van der Waals surface area (Å²) in [7, 11) is 1.20. The molecule has 0 bridgehead atoms. The molecule has 3 atom stereocenters. The van der Waals surface area contributed by atoms with Crippen LogP contribution in [0.25, 0.3) is 0 Å². The van der Waals surface area contributed by atoms with Crippen molar-refractivity contribution >= 4 is 19.7 Å². The molecule has 0 aliphatic rings. The van der Waals surface area contributed by atoms with Gasteiger partial charge in [0.15, 0.2) is 0 Å². The van der Waals surface area contributed by atoms with Crippen molar-refractivity contribution < 1.29 is 37.3 Å². The normalized spacial score (nSPS) is 13.7. The van der Waals surface area contributed by atoms with Crippen molar-refractivity contribution in [2.75, 3.05) is 40.9 Å². The van der Waals surface area contributed by atoms with Gasteiger partial charge in [0.1, 0.15) is 19.3 Å². The number of quaternary nitrogens is 1. The Hall–Kier alpha value is -1.51. The highest BCUT2D eigenvalue weighted by atomic mass is 31.2. The molecule has 0 spiro atoms. The van der Waals surface area contributed by atoms with Gasteiger partial charge >= 0.3 is 5.97 Å². The highest BCUT2D eigenvalue weighted by Gasteiger charge is 2.27. The maximum absolute atomic E-state index is 13.6. The van der Waals surface area contributed by atoms with Crippen molar-refractivity contribution in [3.63, 3.8) is 0 Å². The zero-order valence-corrected chi connectivity index (χ0v) is 51.7. The second kappa shape index (κ2) is 55.8. The Morgan fingerprint density at radius 3 is 1.13 bits per heavy atom. The van der Waals surface area contributed by atoms with Gasteiger partial charge in [0.2, 0.25) is 5.91 Å². The Balaban J connectivity index is 5.21. The fourth-order valence-corrected chi connectivity index (χ4v) is 10.5. The Kier molecular flexibility index (Phi) is 54.7. The average Bonchev–Trinajstić information content (AvgIpc) is 3.37. The first-order valence-electron chi connectivity index (χ1n) is 32.6. The second-order valence-electron chi connectivity index (χ2n) is 23.6. The van der Waals surface area contributed by atoms with Gasteiger partial charge in [-0.1, -0.05) is 283 Å². The lowest BCUT2D eigenvalue weighted by molar-refractivity contribution is -0.870. The van der Waals surface area contributed by atoms with Crippen LogP contribution in [0.1, 0.15) is 329 Å². The predicted molar refractivity (Wildman–Crippen MR) is 321 cm³/mol. The first-order chi connectivity index (χ1) is 36.4. The van der Waals surface area contributed by atoms with Gasteiger partial charge in [0.05, 0.1) is 33.8 Å². The number of hydrogen-bond donors (Lipinski definition) is 1. The quantitative estimate of drug-likeness (QED) is 0.0212. The molecule has 1 amide bonds. The summed E-state index contributed by atoms with van der Waals surface area (Å²) in [6.45, 7) is 6.89. The third-order valence-corrected chi connectivity index (χ3v) is 15.8. The molecule has 0 radical (unpaired) electrons. The molecule has 0 aromatic heterocycles. The molecule has 0 rings (SSSR count). The molecule has 0 fully saturated rings. The van der Waals surface area contributed by atoms with Gasteiger partial charge < -0.3 is 28.5 Å². The number of ether oxygens (including phenoxy) is 1. The van der Waals surface area contributed by atoms with Gasteiger partial charge in [-0.3, -0.25) is 14.2 Å². The molecule has 0 heterocycles. The van der Waals surface area contributed by atoms with Gasteiger partial charge in [-0.15, -0.1) is 0 Å². The first-order valence-corrected chi connectivity index (χ1v) is 34.1. The molecule has 3 unspecified atom stereocenters. The summed E-state index contributed by atoms with van der Waals surface area (Å²) in [6, 6.07) is -0.884. The van der Waals surface area contributed by atoms with E-state index in [2.05, 4.69) is 38.2 Å². The number of nitrogens with one attached hydrogen (secondary N) is 1. The standard InChI is InChI=1S/C65H127N2O7P/c1-7-10-13-16-19-22-25-28-30-32-33-35-36-39-42-45-48-51-54-57-64(68)66-62(61-73-75(70,71)72-60-59-67(4,5)6)63(56-53-50-47-44-41-38-27-24-21-18-15-12-9-3)74-65(69)58-55-52-49-46-43-40-37-34-31-29-26-23-20-17-14-11-8-2/h28,30,53,56,62-63H,7-27,29,31-52,54-55,57-61H2,1-6H3,(H-,66,68,70,71)/b30-28+,56-53+. The van der Waals surface area contributed by atoms with E-state index in [0.29, 0.717) is 17.4 Å². The first kappa shape index (κ1) is 73.5. The summed E-state index contributed by atoms with van der Waals surface area (Å²) < 4.78 is 30.4. The van der Waals surface area contributed by atoms with Crippen LogP contribution in [0.2, 0.25) is 0 Å². The van der Waals surface area contributed by atoms with Crippen molar-refractivity contribution in [2.45, 2.75) is 341 Å². The van der Waals surface area contributed by atoms with Crippen molar-refractivity contribution in [2.24, 2.45) is 0 Å². The van der Waals surface area contributed by atoms with Gasteiger partial charge in [0, 0.05) is 12.8 Å². The number of carbonyl (C=O) groups is 2. The number of rotatable bonds is 60. The second-order valence-corrected chi connectivity index (χ2v) is 25.0. The summed E-state index contributed by atoms with van der Waals surface area (Å²) in [5, 5.41) is 3.04. The third-order valence-electron chi connectivity index (χ3n) is 14.9. The van der Waals surface area contributed by atoms with Gasteiger partial charge in [0.25, 0.3) is 7.82 Å². The summed E-state index contributed by atoms with van der Waals surface area (Å²) in [5.41, 5.74) is 0. The summed E-state index contributed by atoms with van der Waals surface area (Å²) in [5.74, 6) is -0.524. The van der Waals surface area contributed by atoms with E-state index in [9.17, 15) is 19.0 Å². The largest absolute Gasteiger partial charge is 0.756 e. The van der Waals surface area contributed by atoms with E-state index in [1.807, 2.05) is 33.3 Å². The number of phosphoric ester groups is 1. The van der Waals surface area contributed by atoms with Crippen LogP contribution < -0.4 is 10.2 Å². The molecular formula is C65H127N2O7P. The SMILES string of the molecule is CCCCCCCC/C=C/CCCCCCCCCCCC(=O)NC(COP(=O)([O-])OCC[N+](C)(C)C)C(/C=C/CCCCCCCCCCCCC)OC(=O)CCCCCCCCCCCCCCCCCCC. The molecule has 10 heteroatoms. The van der Waals surface area contributed by atoms with Gasteiger partial charge in [-0.05, 0) is 57.4 Å². The number of esters is 1. The van der Waals surface area contributed by atoms with Crippen LogP contribution in [0.3, 0.4) is 0 Å². The molecule has 0 aromatic carbocycles. The van der Waals surface area contributed by atoms with Crippen molar-refractivity contribution in [1.29, 1.82) is 0 Å². The zero-order valence-electron chi connectivity index (χ0n) is 50.8. The highest BCUT2D eigenvalue weighted by molar-refractivity contribution is 7.45. The fraction of sp³-hybridized carbons (Fsp3) is 0.908. The lowest BCUT2D eigenvalue weighted by Gasteiger charge is -2.30. The number of nitrogens with zero attached hydrogens (tertiary/aromatic N) is 1. The molecule has 0 saturated heterocycles. The maximum atomic E-state index is 13.6. The molecule has 0 saturated carbocycles. The number of unbranched alkanes of at least 4 members (excludes halogenated alkanes) is 42. The number of allylic oxidation sites excluding steroid dienone is 3. The molecule has 1 N–H and O–H groups in total. The van der Waals surface area contributed by atoms with Crippen molar-refractivity contribution in [3.8, 4) is 0 Å². The smallest absolute Gasteiger partial charge is 0.306 e. The van der Waals surface area contributed by atoms with Crippen LogP contribution in [0.5, 0.6) is 0 Å². The van der Waals surface area contributed by atoms with Crippen LogP contribution in [0, 0.1) is 0 Å². The minimum atomic E-state index is -4.69. The molecule has 0 aliphatic carbocycles. The minimum absolute atomic E-state index is 0.0189. The maximum Gasteiger partial charge on any atom is 0.306 e. The van der Waals surface area contributed by atoms with Crippen molar-refractivity contribution in [1.82, 2.24) is 5.32 Å². The Labute approximate surface area is 466 Å². The summed E-state index contributed by atoms with van der Waals surface area (Å²) in [4.78, 5) is 40.0. The average molecular weight is 1080 g/mol. The molecule has 0 aliphatic heterocycles. The number of amides is 1. The van der Waals surface area contributed by atoms with Crippen LogP contribution in [0.15, 0.2) is 24.3 Å². The third kappa shape index (κ3) is 57.0. The molecule has 444 valence electrons. The van der Waals surface area contributed by atoms with Gasteiger partial charge in [-0.25, -0.2) is 0 Å². The van der Waals surface area contributed by atoms with Crippen LogP contribution in [-0.2, 0) is 27.9 Å². The molecular weight excluding hydrogens is 952 g/mol. The van der Waals surface area contributed by atoms with E-state index in [0.717, 1.165) is 57.8 Å². The fourth-order valence-electron chi connectivity index (χ4n) is 9.81. The van der Waals surface area contributed by atoms with E-state index in [4.69, 9.17) is 13.8 Å². The Morgan fingerprint density at radius 2 is 0.773 bits per heavy atom. The molecule has 75 heavy (non-hydrogen) atoms. The predicted octanol–water partition coefficient (Wildman–Crippen LogP) is 19.5. The van der Waals surface area contributed by atoms with Crippen LogP contribution in [0.4, 0.5) is 0 Å². The lowest BCUT2D eigenvalue weighted by Crippen LogP contribution is -2.47. The van der Waals surface area contributed by atoms with E-state index < -0.39 is 20.0 Å². The van der Waals surface area contributed by atoms with Gasteiger partial charge in [-0.2, -0.15) is 0 Å². The van der Waals surface area contributed by atoms with E-state index in [1.54, 1.807) is 0 Å². The lowest BCUT2D eigenvalue weighted by atomic mass is 10.0. The molecule has 0 aromatic rings. The van der Waals surface area contributed by atoms with Crippen molar-refractivity contribution in [3.05, 3.63) is 24.3 Å². The van der Waals surface area contributed by atoms with Crippen LogP contribution >= 0.6 is 7.82 Å². The number of carbonyl (C=O) groups excluding carboxylic acids is 2. The number of likely N-dealkylation sites (N-methyl/N-ethyl adjacent to an activating group) is 1. The number of phosphoric acid groups is 1. The Bertz CT molecular complexity index is 1340. The molecule has 9 nitrogen and oxygen atoms in total. The summed E-state index contributed by atoms with van der Waals surface area (Å²) >= 11 is 0. The van der Waals surface area contributed by atoms with E-state index in [-0.39, 0.29) is 31.5 Å². The number of hydrogen-bond acceptors (Lipinski definition) is 7. The van der Waals surface area contributed by atoms with E-state index in [1.165, 1.54) is 238 Å². The van der Waals surface area contributed by atoms with E-state index >= 15 is 0 Å². The zero-order chi connectivity index (χ0) is 55.0.